The van der Waals surface area contributed by atoms with Gasteiger partial charge in [-0.3, -0.25) is 4.79 Å². The van der Waals surface area contributed by atoms with E-state index in [1.807, 2.05) is 36.4 Å². The molecule has 0 saturated carbocycles. The number of rotatable bonds is 7. The second-order valence-corrected chi connectivity index (χ2v) is 8.53. The highest BCUT2D eigenvalue weighted by Crippen LogP contribution is 2.29. The highest BCUT2D eigenvalue weighted by Gasteiger charge is 2.22. The number of benzene rings is 3. The molecule has 0 spiro atoms. The van der Waals surface area contributed by atoms with Crippen LogP contribution in [0.2, 0.25) is 0 Å². The van der Waals surface area contributed by atoms with Crippen molar-refractivity contribution in [2.45, 2.75) is 51.4 Å². The Morgan fingerprint density at radius 1 is 0.786 bits per heavy atom. The van der Waals surface area contributed by atoms with Gasteiger partial charge in [0.25, 0.3) is 0 Å². The molecule has 144 valence electrons. The largest absolute Gasteiger partial charge is 0.293 e. The monoisotopic (exact) mass is 370 g/mol. The van der Waals surface area contributed by atoms with Gasteiger partial charge in [0.05, 0.1) is 0 Å². The fraction of sp³-hybridized carbons (Fsp3) is 0.296. The van der Waals surface area contributed by atoms with E-state index >= 15 is 0 Å². The molecule has 0 saturated heterocycles. The summed E-state index contributed by atoms with van der Waals surface area (Å²) in [5.41, 5.74) is 4.66. The number of carbonyl (C=O) groups is 1. The highest BCUT2D eigenvalue weighted by atomic mass is 16.1. The van der Waals surface area contributed by atoms with Gasteiger partial charge in [0.2, 0.25) is 0 Å². The van der Waals surface area contributed by atoms with Crippen LogP contribution in [0.25, 0.3) is 0 Å². The molecular weight excluding hydrogens is 340 g/mol. The number of carbonyl (C=O) groups excluding carboxylic acids is 1. The molecule has 0 amide bonds. The van der Waals surface area contributed by atoms with Crippen molar-refractivity contribution in [3.63, 3.8) is 0 Å². The molecule has 1 nitrogen and oxygen atoms in total. The molecule has 1 unspecified atom stereocenters. The third-order valence-electron chi connectivity index (χ3n) is 5.35. The van der Waals surface area contributed by atoms with Crippen LogP contribution in [0, 0.1) is 0 Å². The first kappa shape index (κ1) is 20.1. The normalized spacial score (nSPS) is 12.5. The van der Waals surface area contributed by atoms with Crippen molar-refractivity contribution >= 4 is 5.78 Å². The van der Waals surface area contributed by atoms with Crippen LogP contribution in [-0.4, -0.2) is 5.78 Å². The van der Waals surface area contributed by atoms with Crippen LogP contribution in [0.1, 0.15) is 66.6 Å². The molecule has 28 heavy (non-hydrogen) atoms. The van der Waals surface area contributed by atoms with Gasteiger partial charge in [-0.2, -0.15) is 0 Å². The second-order valence-electron chi connectivity index (χ2n) is 8.53. The summed E-state index contributed by atoms with van der Waals surface area (Å²) in [4.78, 5) is 13.3. The van der Waals surface area contributed by atoms with Gasteiger partial charge in [-0.15, -0.1) is 0 Å². The molecule has 0 aliphatic carbocycles. The third kappa shape index (κ3) is 5.19. The van der Waals surface area contributed by atoms with Crippen molar-refractivity contribution in [2.24, 2.45) is 0 Å². The zero-order valence-electron chi connectivity index (χ0n) is 17.2. The van der Waals surface area contributed by atoms with Crippen molar-refractivity contribution in [2.75, 3.05) is 0 Å². The van der Waals surface area contributed by atoms with Crippen molar-refractivity contribution in [1.29, 1.82) is 0 Å². The van der Waals surface area contributed by atoms with Crippen LogP contribution in [-0.2, 0) is 11.8 Å². The van der Waals surface area contributed by atoms with Crippen LogP contribution >= 0.6 is 0 Å². The molecule has 0 aliphatic rings. The maximum atomic E-state index is 13.3. The Morgan fingerprint density at radius 2 is 1.36 bits per heavy atom. The van der Waals surface area contributed by atoms with Crippen LogP contribution < -0.4 is 0 Å². The van der Waals surface area contributed by atoms with Gasteiger partial charge in [0.1, 0.15) is 0 Å². The predicted octanol–water partition coefficient (Wildman–Crippen LogP) is 6.97. The average molecular weight is 371 g/mol. The maximum absolute atomic E-state index is 13.3. The number of ketones is 1. The third-order valence-corrected chi connectivity index (χ3v) is 5.35. The fourth-order valence-corrected chi connectivity index (χ4v) is 3.62. The van der Waals surface area contributed by atoms with E-state index in [4.69, 9.17) is 0 Å². The number of Topliss-reactive ketones (excluding diaryl/α,β-unsaturated/α-hetero) is 1. The van der Waals surface area contributed by atoms with Crippen molar-refractivity contribution < 1.29 is 4.79 Å². The van der Waals surface area contributed by atoms with Crippen molar-refractivity contribution in [3.05, 3.63) is 107 Å². The average Bonchev–Trinajstić information content (AvgIpc) is 2.72. The zero-order chi connectivity index (χ0) is 20.0. The van der Waals surface area contributed by atoms with E-state index in [1.54, 1.807) is 0 Å². The predicted molar refractivity (Wildman–Crippen MR) is 118 cm³/mol. The summed E-state index contributed by atoms with van der Waals surface area (Å²) in [7, 11) is 0. The highest BCUT2D eigenvalue weighted by molar-refractivity contribution is 6.00. The Labute approximate surface area is 169 Å². The Bertz CT molecular complexity index is 871. The lowest BCUT2D eigenvalue weighted by Gasteiger charge is -2.21. The van der Waals surface area contributed by atoms with Crippen LogP contribution in [0.15, 0.2) is 84.9 Å². The SMILES string of the molecule is CC(C)(C)c1ccc(C(CCCc2ccccc2)C(=O)c2ccccc2)cc1. The first-order chi connectivity index (χ1) is 13.4. The Morgan fingerprint density at radius 3 is 1.93 bits per heavy atom. The maximum Gasteiger partial charge on any atom is 0.170 e. The molecule has 0 radical (unpaired) electrons. The van der Waals surface area contributed by atoms with Crippen LogP contribution in [0.3, 0.4) is 0 Å². The summed E-state index contributed by atoms with van der Waals surface area (Å²) < 4.78 is 0. The van der Waals surface area contributed by atoms with Gasteiger partial charge in [0, 0.05) is 11.5 Å². The summed E-state index contributed by atoms with van der Waals surface area (Å²) in [6.07, 6.45) is 2.85. The molecule has 0 N–H and O–H groups in total. The summed E-state index contributed by atoms with van der Waals surface area (Å²) in [6.45, 7) is 6.65. The molecule has 0 aromatic heterocycles. The molecule has 1 atom stereocenters. The van der Waals surface area contributed by atoms with E-state index in [2.05, 4.69) is 69.3 Å². The van der Waals surface area contributed by atoms with E-state index in [9.17, 15) is 4.79 Å². The van der Waals surface area contributed by atoms with E-state index in [0.29, 0.717) is 0 Å². The zero-order valence-corrected chi connectivity index (χ0v) is 17.2. The Hall–Kier alpha value is -2.67. The van der Waals surface area contributed by atoms with Gasteiger partial charge in [-0.1, -0.05) is 106 Å². The molecule has 1 heteroatoms. The molecular formula is C27H30O. The van der Waals surface area contributed by atoms with Gasteiger partial charge in [-0.05, 0) is 41.4 Å². The first-order valence-corrected chi connectivity index (χ1v) is 10.2. The van der Waals surface area contributed by atoms with E-state index in [0.717, 1.165) is 30.4 Å². The van der Waals surface area contributed by atoms with E-state index in [-0.39, 0.29) is 17.1 Å². The number of hydrogen-bond acceptors (Lipinski definition) is 1. The van der Waals surface area contributed by atoms with Crippen molar-refractivity contribution in [1.82, 2.24) is 0 Å². The lowest BCUT2D eigenvalue weighted by Crippen LogP contribution is -2.15. The van der Waals surface area contributed by atoms with Gasteiger partial charge in [0.15, 0.2) is 5.78 Å². The van der Waals surface area contributed by atoms with Crippen LogP contribution in [0.5, 0.6) is 0 Å². The minimum Gasteiger partial charge on any atom is -0.293 e. The Kier molecular flexibility index (Phi) is 6.46. The smallest absolute Gasteiger partial charge is 0.170 e. The number of aryl methyl sites for hydroxylation is 1. The van der Waals surface area contributed by atoms with Crippen molar-refractivity contribution in [3.8, 4) is 0 Å². The molecule has 0 aliphatic heterocycles. The quantitative estimate of drug-likeness (QED) is 0.410. The second kappa shape index (κ2) is 9.01. The van der Waals surface area contributed by atoms with Gasteiger partial charge >= 0.3 is 0 Å². The van der Waals surface area contributed by atoms with E-state index < -0.39 is 0 Å². The minimum atomic E-state index is -0.0971. The Balaban J connectivity index is 1.80. The van der Waals surface area contributed by atoms with Gasteiger partial charge in [-0.25, -0.2) is 0 Å². The topological polar surface area (TPSA) is 17.1 Å². The molecule has 3 rings (SSSR count). The summed E-state index contributed by atoms with van der Waals surface area (Å²) >= 11 is 0. The lowest BCUT2D eigenvalue weighted by atomic mass is 9.82. The van der Waals surface area contributed by atoms with Crippen LogP contribution in [0.4, 0.5) is 0 Å². The van der Waals surface area contributed by atoms with E-state index in [1.165, 1.54) is 11.1 Å². The molecule has 0 fully saturated rings. The minimum absolute atomic E-state index is 0.0971. The molecule has 3 aromatic carbocycles. The molecule has 0 bridgehead atoms. The summed E-state index contributed by atoms with van der Waals surface area (Å²) in [5, 5.41) is 0. The number of hydrogen-bond donors (Lipinski definition) is 0. The first-order valence-electron chi connectivity index (χ1n) is 10.2. The van der Waals surface area contributed by atoms with Gasteiger partial charge < -0.3 is 0 Å². The fourth-order valence-electron chi connectivity index (χ4n) is 3.62. The summed E-state index contributed by atoms with van der Waals surface area (Å²) in [5.74, 6) is 0.123. The lowest BCUT2D eigenvalue weighted by molar-refractivity contribution is 0.0954. The summed E-state index contributed by atoms with van der Waals surface area (Å²) in [6, 6.07) is 28.9. The standard InChI is InChI=1S/C27H30O/c1-27(2,3)24-19-17-22(18-20-24)25(26(28)23-14-8-5-9-15-23)16-10-13-21-11-6-4-7-12-21/h4-9,11-12,14-15,17-20,25H,10,13,16H2,1-3H3. The molecule has 0 heterocycles. The molecule has 3 aromatic rings.